The predicted molar refractivity (Wildman–Crippen MR) is 142 cm³/mol. The molecule has 2 aromatic heterocycles. The summed E-state index contributed by atoms with van der Waals surface area (Å²) in [5, 5.41) is 10.6. The summed E-state index contributed by atoms with van der Waals surface area (Å²) in [4.78, 5) is 4.88. The van der Waals surface area contributed by atoms with Gasteiger partial charge < -0.3 is 24.1 Å². The molecule has 35 heavy (non-hydrogen) atoms. The van der Waals surface area contributed by atoms with Crippen LogP contribution >= 0.6 is 27.5 Å². The quantitative estimate of drug-likeness (QED) is 0.286. The maximum atomic E-state index is 10.1. The maximum Gasteiger partial charge on any atom is 0.198 e. The molecule has 3 aromatic rings. The summed E-state index contributed by atoms with van der Waals surface area (Å²) >= 11 is 10.2. The molecule has 2 fully saturated rings. The summed E-state index contributed by atoms with van der Waals surface area (Å²) in [5.74, 6) is 0.615. The molecule has 2 aliphatic rings. The molecule has 0 aliphatic carbocycles. The highest BCUT2D eigenvalue weighted by molar-refractivity contribution is 9.10. The molecular formula is C25H30BrClN2O5Si. The highest BCUT2D eigenvalue weighted by atomic mass is 79.9. The van der Waals surface area contributed by atoms with Gasteiger partial charge in [0.15, 0.2) is 12.0 Å². The van der Waals surface area contributed by atoms with E-state index < -0.39 is 14.2 Å². The molecular weight excluding hydrogens is 552 g/mol. The second-order valence-electron chi connectivity index (χ2n) is 10.3. The molecule has 0 amide bonds. The molecule has 2 unspecified atom stereocenters. The zero-order valence-electron chi connectivity index (χ0n) is 20.0. The number of ether oxygens (including phenoxy) is 4. The van der Waals surface area contributed by atoms with E-state index in [-0.39, 0.29) is 24.9 Å². The van der Waals surface area contributed by atoms with Crippen LogP contribution in [0.25, 0.3) is 22.3 Å². The fraction of sp³-hybridized carbons (Fsp3) is 0.480. The monoisotopic (exact) mass is 580 g/mol. The van der Waals surface area contributed by atoms with Gasteiger partial charge in [-0.2, -0.15) is 0 Å². The van der Waals surface area contributed by atoms with Gasteiger partial charge in [-0.3, -0.25) is 4.57 Å². The Hall–Kier alpha value is -1.46. The van der Waals surface area contributed by atoms with E-state index in [1.165, 1.54) is 0 Å². The molecule has 2 saturated heterocycles. The molecule has 1 aromatic carbocycles. The fourth-order valence-electron chi connectivity index (χ4n) is 4.40. The first-order valence-corrected chi connectivity index (χ1v) is 16.7. The number of aromatic nitrogens is 2. The van der Waals surface area contributed by atoms with Gasteiger partial charge in [-0.1, -0.05) is 59.3 Å². The topological polar surface area (TPSA) is 75.0 Å². The van der Waals surface area contributed by atoms with Crippen molar-refractivity contribution in [3.05, 3.63) is 45.9 Å². The van der Waals surface area contributed by atoms with Crippen molar-refractivity contribution in [3.63, 3.8) is 0 Å². The average molecular weight is 582 g/mol. The summed E-state index contributed by atoms with van der Waals surface area (Å²) < 4.78 is 26.9. The second-order valence-corrected chi connectivity index (χ2v) is 17.3. The standard InChI is InChI=1S/C25H30BrClN2O5Si/c1-35(2,3)9-8-31-14-29-19-10-17(27)23(15-4-6-16(26)7-5-15)28-18(19)11-22(29)34-21-13-33-24-20(30)12-32-25(21)24/h4-7,10-11,20-21,24-25,30H,8-9,12-14H2,1-3H3/t20-,21-,24?,25?/m1/s1. The third kappa shape index (κ3) is 5.46. The zero-order chi connectivity index (χ0) is 24.7. The van der Waals surface area contributed by atoms with Crippen molar-refractivity contribution in [1.82, 2.24) is 9.55 Å². The molecule has 5 rings (SSSR count). The minimum atomic E-state index is -1.21. The van der Waals surface area contributed by atoms with Gasteiger partial charge >= 0.3 is 0 Å². The van der Waals surface area contributed by atoms with Crippen LogP contribution in [0.5, 0.6) is 5.88 Å². The van der Waals surface area contributed by atoms with Crippen LogP contribution in [0.1, 0.15) is 0 Å². The van der Waals surface area contributed by atoms with Crippen LogP contribution in [0.15, 0.2) is 40.9 Å². The van der Waals surface area contributed by atoms with Crippen molar-refractivity contribution < 1.29 is 24.1 Å². The van der Waals surface area contributed by atoms with Crippen LogP contribution in [-0.4, -0.2) is 67.0 Å². The van der Waals surface area contributed by atoms with Crippen molar-refractivity contribution in [2.45, 2.75) is 56.8 Å². The van der Waals surface area contributed by atoms with Gasteiger partial charge in [0.05, 0.1) is 35.0 Å². The SMILES string of the molecule is C[Si](C)(C)CCOCn1c(O[C@@H]2COC3C2OC[C@H]3O)cc2nc(-c3ccc(Br)cc3)c(Cl)cc21. The lowest BCUT2D eigenvalue weighted by Gasteiger charge is -2.20. The Labute approximate surface area is 219 Å². The average Bonchev–Trinajstić information content (AvgIpc) is 3.47. The minimum Gasteiger partial charge on any atom is -0.470 e. The number of pyridine rings is 1. The Balaban J connectivity index is 1.46. The van der Waals surface area contributed by atoms with E-state index in [0.29, 0.717) is 36.5 Å². The number of fused-ring (bicyclic) bond motifs is 2. The smallest absolute Gasteiger partial charge is 0.198 e. The summed E-state index contributed by atoms with van der Waals surface area (Å²) in [6, 6.07) is 12.8. The largest absolute Gasteiger partial charge is 0.470 e. The Morgan fingerprint density at radius 3 is 2.63 bits per heavy atom. The summed E-state index contributed by atoms with van der Waals surface area (Å²) in [5.41, 5.74) is 3.24. The van der Waals surface area contributed by atoms with E-state index in [4.69, 9.17) is 35.5 Å². The van der Waals surface area contributed by atoms with Crippen molar-refractivity contribution in [3.8, 4) is 17.1 Å². The molecule has 188 valence electrons. The first-order valence-electron chi connectivity index (χ1n) is 11.8. The molecule has 2 aliphatic heterocycles. The molecule has 0 saturated carbocycles. The van der Waals surface area contributed by atoms with Crippen molar-refractivity contribution in [2.75, 3.05) is 19.8 Å². The molecule has 4 atom stereocenters. The van der Waals surface area contributed by atoms with Crippen LogP contribution in [0.2, 0.25) is 30.7 Å². The van der Waals surface area contributed by atoms with E-state index in [1.807, 2.05) is 41.0 Å². The van der Waals surface area contributed by atoms with Crippen LogP contribution in [-0.2, 0) is 20.9 Å². The second kappa shape index (κ2) is 10.1. The van der Waals surface area contributed by atoms with E-state index in [2.05, 4.69) is 35.6 Å². The molecule has 7 nitrogen and oxygen atoms in total. The molecule has 4 heterocycles. The summed E-state index contributed by atoms with van der Waals surface area (Å²) in [6.07, 6.45) is -1.62. The highest BCUT2D eigenvalue weighted by Crippen LogP contribution is 2.36. The third-order valence-corrected chi connectivity index (χ3v) is 8.91. The van der Waals surface area contributed by atoms with Crippen molar-refractivity contribution in [1.29, 1.82) is 0 Å². The molecule has 0 bridgehead atoms. The number of aliphatic hydroxyl groups excluding tert-OH is 1. The first-order chi connectivity index (χ1) is 16.7. The van der Waals surface area contributed by atoms with Crippen LogP contribution in [0, 0.1) is 0 Å². The number of nitrogens with zero attached hydrogens (tertiary/aromatic N) is 2. The van der Waals surface area contributed by atoms with Gasteiger partial charge in [-0.05, 0) is 24.2 Å². The van der Waals surface area contributed by atoms with Gasteiger partial charge in [-0.15, -0.1) is 0 Å². The Bertz CT molecular complexity index is 1200. The van der Waals surface area contributed by atoms with Gasteiger partial charge in [-0.25, -0.2) is 4.98 Å². The van der Waals surface area contributed by atoms with Crippen LogP contribution in [0.3, 0.4) is 0 Å². The molecule has 1 N–H and O–H groups in total. The van der Waals surface area contributed by atoms with Gasteiger partial charge in [0.25, 0.3) is 0 Å². The lowest BCUT2D eigenvalue weighted by Crippen LogP contribution is -2.35. The normalized spacial score (nSPS) is 24.3. The number of aliphatic hydroxyl groups is 1. The Morgan fingerprint density at radius 1 is 1.14 bits per heavy atom. The van der Waals surface area contributed by atoms with Crippen LogP contribution in [0.4, 0.5) is 0 Å². The fourth-order valence-corrected chi connectivity index (χ4v) is 5.68. The number of halogens is 2. The summed E-state index contributed by atoms with van der Waals surface area (Å²) in [7, 11) is -1.21. The lowest BCUT2D eigenvalue weighted by molar-refractivity contribution is 0.00479. The van der Waals surface area contributed by atoms with Gasteiger partial charge in [0, 0.05) is 30.8 Å². The Kier molecular flexibility index (Phi) is 7.29. The minimum absolute atomic E-state index is 0.256. The molecule has 10 heteroatoms. The number of benzene rings is 1. The van der Waals surface area contributed by atoms with E-state index in [9.17, 15) is 5.11 Å². The highest BCUT2D eigenvalue weighted by Gasteiger charge is 2.48. The third-order valence-electron chi connectivity index (χ3n) is 6.39. The predicted octanol–water partition coefficient (Wildman–Crippen LogP) is 5.34. The van der Waals surface area contributed by atoms with E-state index in [1.54, 1.807) is 0 Å². The molecule has 0 spiro atoms. The van der Waals surface area contributed by atoms with Gasteiger partial charge in [0.1, 0.15) is 25.0 Å². The number of rotatable bonds is 8. The molecule has 0 radical (unpaired) electrons. The van der Waals surface area contributed by atoms with Gasteiger partial charge in [0.2, 0.25) is 0 Å². The zero-order valence-corrected chi connectivity index (χ0v) is 23.4. The maximum absolute atomic E-state index is 10.1. The van der Waals surface area contributed by atoms with E-state index >= 15 is 0 Å². The lowest BCUT2D eigenvalue weighted by atomic mass is 10.1. The van der Waals surface area contributed by atoms with Crippen molar-refractivity contribution in [2.24, 2.45) is 0 Å². The first kappa shape index (κ1) is 25.2. The number of hydrogen-bond acceptors (Lipinski definition) is 6. The van der Waals surface area contributed by atoms with E-state index in [0.717, 1.165) is 27.1 Å². The number of hydrogen-bond donors (Lipinski definition) is 1. The summed E-state index contributed by atoms with van der Waals surface area (Å²) in [6.45, 7) is 8.60. The van der Waals surface area contributed by atoms with Crippen LogP contribution < -0.4 is 4.74 Å². The Morgan fingerprint density at radius 2 is 1.89 bits per heavy atom. The van der Waals surface area contributed by atoms with Crippen molar-refractivity contribution >= 4 is 46.6 Å².